The van der Waals surface area contributed by atoms with Gasteiger partial charge < -0.3 is 28.3 Å². The number of hydrogen-bond acceptors (Lipinski definition) is 12. The highest BCUT2D eigenvalue weighted by Crippen LogP contribution is 2.36. The van der Waals surface area contributed by atoms with E-state index in [9.17, 15) is 24.5 Å². The van der Waals surface area contributed by atoms with E-state index in [4.69, 9.17) is 23.7 Å². The molecule has 0 aliphatic carbocycles. The monoisotopic (exact) mass is 677 g/mol. The van der Waals surface area contributed by atoms with Crippen molar-refractivity contribution in [1.82, 2.24) is 14.5 Å². The third-order valence-electron chi connectivity index (χ3n) is 8.08. The van der Waals surface area contributed by atoms with Gasteiger partial charge in [-0.15, -0.1) is 0 Å². The van der Waals surface area contributed by atoms with Crippen molar-refractivity contribution in [3.63, 3.8) is 0 Å². The van der Waals surface area contributed by atoms with Gasteiger partial charge in [0.05, 0.1) is 28.4 Å². The number of nitro benzene ring substituents is 1. The van der Waals surface area contributed by atoms with Crippen molar-refractivity contribution < 1.29 is 43.0 Å². The van der Waals surface area contributed by atoms with Crippen LogP contribution in [0.25, 0.3) is 21.9 Å². The molecule has 1 unspecified atom stereocenters. The minimum Gasteiger partial charge on any atom is -0.458 e. The van der Waals surface area contributed by atoms with E-state index in [2.05, 4.69) is 29.1 Å². The molecule has 1 fully saturated rings. The second-order valence-corrected chi connectivity index (χ2v) is 12.3. The van der Waals surface area contributed by atoms with E-state index in [-0.39, 0.29) is 24.1 Å². The van der Waals surface area contributed by atoms with Crippen LogP contribution in [-0.4, -0.2) is 62.1 Å². The summed E-state index contributed by atoms with van der Waals surface area (Å²) in [5, 5.41) is 15.7. The maximum Gasteiger partial charge on any atom is 0.413 e. The lowest BCUT2D eigenvalue weighted by Crippen LogP contribution is -2.58. The SMILES string of the molecule is CC[C@H]1OC(Oc2ccc(COC(=O)Nc3nc4ccccc4c4c3ncn4CC(C)C)cc2[N+](=O)[O-])[C@@H](OC(C)=O)[C@@H](OC(C)=O)[C@@H]1C. The second-order valence-electron chi connectivity index (χ2n) is 12.3. The van der Waals surface area contributed by atoms with Crippen LogP contribution in [0, 0.1) is 22.0 Å². The Morgan fingerprint density at radius 2 is 1.80 bits per heavy atom. The Balaban J connectivity index is 1.34. The first kappa shape index (κ1) is 35.0. The third kappa shape index (κ3) is 7.88. The minimum absolute atomic E-state index is 0.189. The summed E-state index contributed by atoms with van der Waals surface area (Å²) in [6.07, 6.45) is -2.52. The molecule has 0 bridgehead atoms. The van der Waals surface area contributed by atoms with Crippen LogP contribution in [-0.2, 0) is 41.7 Å². The average molecular weight is 678 g/mol. The molecule has 1 amide bonds. The zero-order valence-corrected chi connectivity index (χ0v) is 28.1. The number of rotatable bonds is 11. The molecular formula is C34H39N5O10. The molecule has 49 heavy (non-hydrogen) atoms. The molecule has 15 nitrogen and oxygen atoms in total. The van der Waals surface area contributed by atoms with Crippen LogP contribution in [0.2, 0.25) is 0 Å². The van der Waals surface area contributed by atoms with E-state index in [0.717, 1.165) is 17.4 Å². The summed E-state index contributed by atoms with van der Waals surface area (Å²) in [5.74, 6) is -1.25. The Morgan fingerprint density at radius 1 is 1.08 bits per heavy atom. The number of fused-ring (bicyclic) bond motifs is 3. The van der Waals surface area contributed by atoms with E-state index in [1.165, 1.54) is 32.0 Å². The van der Waals surface area contributed by atoms with Crippen LogP contribution in [0.5, 0.6) is 5.75 Å². The Morgan fingerprint density at radius 3 is 2.47 bits per heavy atom. The van der Waals surface area contributed by atoms with Crippen LogP contribution < -0.4 is 10.1 Å². The number of carbonyl (C=O) groups is 3. The number of amides is 1. The van der Waals surface area contributed by atoms with Crippen LogP contribution >= 0.6 is 0 Å². The van der Waals surface area contributed by atoms with Crippen molar-refractivity contribution >= 4 is 51.5 Å². The first-order valence-corrected chi connectivity index (χ1v) is 16.0. The zero-order chi connectivity index (χ0) is 35.4. The summed E-state index contributed by atoms with van der Waals surface area (Å²) in [6, 6.07) is 11.6. The van der Waals surface area contributed by atoms with Gasteiger partial charge in [0.2, 0.25) is 12.4 Å². The van der Waals surface area contributed by atoms with Gasteiger partial charge in [0, 0.05) is 37.8 Å². The number of nitrogens with one attached hydrogen (secondary N) is 1. The van der Waals surface area contributed by atoms with E-state index in [1.54, 1.807) is 13.3 Å². The Hall–Kier alpha value is -5.31. The molecule has 5 rings (SSSR count). The molecule has 1 aliphatic heterocycles. The fourth-order valence-corrected chi connectivity index (χ4v) is 5.99. The van der Waals surface area contributed by atoms with Gasteiger partial charge in [0.1, 0.15) is 18.2 Å². The highest BCUT2D eigenvalue weighted by Gasteiger charge is 2.49. The smallest absolute Gasteiger partial charge is 0.413 e. The van der Waals surface area contributed by atoms with Crippen LogP contribution in [0.4, 0.5) is 16.3 Å². The van der Waals surface area contributed by atoms with Crippen molar-refractivity contribution in [2.45, 2.75) is 85.7 Å². The number of pyridine rings is 1. The highest BCUT2D eigenvalue weighted by molar-refractivity contribution is 6.08. The summed E-state index contributed by atoms with van der Waals surface area (Å²) in [5.41, 5.74) is 1.85. The largest absolute Gasteiger partial charge is 0.458 e. The lowest BCUT2D eigenvalue weighted by atomic mass is 9.89. The highest BCUT2D eigenvalue weighted by atomic mass is 16.7. The van der Waals surface area contributed by atoms with E-state index in [0.29, 0.717) is 28.9 Å². The summed E-state index contributed by atoms with van der Waals surface area (Å²) in [6.45, 7) is 10.7. The lowest BCUT2D eigenvalue weighted by molar-refractivity contribution is -0.387. The summed E-state index contributed by atoms with van der Waals surface area (Å²) < 4.78 is 30.4. The standard InChI is InChI=1S/C34H39N5O10/c1-7-26-19(4)30(46-20(5)40)31(47-21(6)41)33(48-26)49-27-13-12-22(14-25(27)39(43)44)16-45-34(42)37-32-28-29(38(17-35-28)15-18(2)3)23-10-8-9-11-24(23)36-32/h8-14,17-19,26,30-31,33H,7,15-16H2,1-6H3,(H,36,37,42)/t19-,26-,30+,31+,33?/m1/s1. The van der Waals surface area contributed by atoms with E-state index >= 15 is 0 Å². The molecule has 1 saturated heterocycles. The number of imidazole rings is 1. The average Bonchev–Trinajstić information content (AvgIpc) is 3.46. The molecule has 0 spiro atoms. The molecular weight excluding hydrogens is 638 g/mol. The van der Waals surface area contributed by atoms with Crippen LogP contribution in [0.3, 0.4) is 0 Å². The van der Waals surface area contributed by atoms with Gasteiger partial charge >= 0.3 is 23.7 Å². The van der Waals surface area contributed by atoms with Gasteiger partial charge in [-0.05, 0) is 30.0 Å². The summed E-state index contributed by atoms with van der Waals surface area (Å²) in [7, 11) is 0. The molecule has 15 heteroatoms. The van der Waals surface area contributed by atoms with Gasteiger partial charge in [0.15, 0.2) is 11.6 Å². The summed E-state index contributed by atoms with van der Waals surface area (Å²) in [4.78, 5) is 57.4. The maximum atomic E-state index is 13.0. The number of ether oxygens (including phenoxy) is 5. The fraction of sp³-hybridized carbons (Fsp3) is 0.441. The summed E-state index contributed by atoms with van der Waals surface area (Å²) >= 11 is 0. The molecule has 1 N–H and O–H groups in total. The topological polar surface area (TPSA) is 183 Å². The second kappa shape index (κ2) is 14.8. The van der Waals surface area contributed by atoms with Crippen LogP contribution in [0.15, 0.2) is 48.8 Å². The first-order valence-electron chi connectivity index (χ1n) is 16.0. The third-order valence-corrected chi connectivity index (χ3v) is 8.08. The van der Waals surface area contributed by atoms with Gasteiger partial charge in [-0.25, -0.2) is 14.8 Å². The molecule has 0 saturated carbocycles. The number of anilines is 1. The molecule has 3 heterocycles. The number of carbonyl (C=O) groups excluding carboxylic acids is 3. The van der Waals surface area contributed by atoms with Crippen molar-refractivity contribution in [1.29, 1.82) is 0 Å². The van der Waals surface area contributed by atoms with Crippen molar-refractivity contribution in [2.75, 3.05) is 5.32 Å². The van der Waals surface area contributed by atoms with Gasteiger partial charge in [-0.2, -0.15) is 0 Å². The number of esters is 2. The maximum absolute atomic E-state index is 13.0. The quantitative estimate of drug-likeness (QED) is 0.0858. The van der Waals surface area contributed by atoms with Gasteiger partial charge in [0.25, 0.3) is 0 Å². The first-order chi connectivity index (χ1) is 23.4. The van der Waals surface area contributed by atoms with Gasteiger partial charge in [-0.3, -0.25) is 25.0 Å². The predicted molar refractivity (Wildman–Crippen MR) is 177 cm³/mol. The normalized spacial score (nSPS) is 20.6. The molecule has 0 radical (unpaired) electrons. The number of para-hydroxylation sites is 1. The van der Waals surface area contributed by atoms with Crippen molar-refractivity contribution in [3.05, 3.63) is 64.5 Å². The minimum atomic E-state index is -1.32. The Bertz CT molecular complexity index is 1870. The lowest BCUT2D eigenvalue weighted by Gasteiger charge is -2.43. The molecule has 5 atom stereocenters. The molecule has 4 aromatic rings. The molecule has 260 valence electrons. The Kier molecular flexibility index (Phi) is 10.6. The number of nitrogens with zero attached hydrogens (tertiary/aromatic N) is 4. The predicted octanol–water partition coefficient (Wildman–Crippen LogP) is 5.91. The number of aromatic nitrogens is 3. The van der Waals surface area contributed by atoms with Crippen molar-refractivity contribution in [2.24, 2.45) is 11.8 Å². The van der Waals surface area contributed by atoms with Crippen molar-refractivity contribution in [3.8, 4) is 5.75 Å². The van der Waals surface area contributed by atoms with E-state index < -0.39 is 53.2 Å². The molecule has 1 aliphatic rings. The number of benzene rings is 2. The Labute approximate surface area is 282 Å². The number of hydrogen-bond donors (Lipinski definition) is 1. The number of nitro groups is 1. The van der Waals surface area contributed by atoms with Gasteiger partial charge in [-0.1, -0.05) is 52.0 Å². The molecule has 2 aromatic carbocycles. The van der Waals surface area contributed by atoms with Crippen LogP contribution in [0.1, 0.15) is 53.5 Å². The van der Waals surface area contributed by atoms with E-state index in [1.807, 2.05) is 35.8 Å². The fourth-order valence-electron chi connectivity index (χ4n) is 5.99. The zero-order valence-electron chi connectivity index (χ0n) is 28.1. The molecule has 2 aromatic heterocycles.